The van der Waals surface area contributed by atoms with E-state index < -0.39 is 0 Å². The molecule has 1 aliphatic rings. The largest absolute Gasteiger partial charge is 0.378 e. The highest BCUT2D eigenvalue weighted by Gasteiger charge is 2.17. The van der Waals surface area contributed by atoms with Crippen LogP contribution in [-0.4, -0.2) is 41.3 Å². The van der Waals surface area contributed by atoms with Gasteiger partial charge in [0.1, 0.15) is 5.82 Å². The minimum Gasteiger partial charge on any atom is -0.378 e. The summed E-state index contributed by atoms with van der Waals surface area (Å²) in [5.41, 5.74) is 1.07. The Morgan fingerprint density at radius 2 is 1.57 bits per heavy atom. The molecule has 0 bridgehead atoms. The molecule has 0 saturated carbocycles. The fourth-order valence-corrected chi connectivity index (χ4v) is 2.85. The molecule has 1 fully saturated rings. The molecule has 0 radical (unpaired) electrons. The van der Waals surface area contributed by atoms with Gasteiger partial charge in [-0.05, 0) is 36.4 Å². The Morgan fingerprint density at radius 3 is 2.29 bits per heavy atom. The Labute approximate surface area is 166 Å². The Bertz CT molecular complexity index is 949. The first-order chi connectivity index (χ1) is 13.7. The van der Waals surface area contributed by atoms with Gasteiger partial charge in [0.15, 0.2) is 0 Å². The molecule has 2 heterocycles. The fraction of sp³-hybridized carbons (Fsp3) is 0.211. The molecule has 0 spiro atoms. The van der Waals surface area contributed by atoms with Crippen molar-refractivity contribution in [2.24, 2.45) is 0 Å². The van der Waals surface area contributed by atoms with Crippen LogP contribution in [0.5, 0.6) is 0 Å². The van der Waals surface area contributed by atoms with Gasteiger partial charge in [-0.1, -0.05) is 23.7 Å². The first kappa shape index (κ1) is 18.4. The average molecular weight is 401 g/mol. The van der Waals surface area contributed by atoms with Gasteiger partial charge in [-0.3, -0.25) is 0 Å². The maximum atomic E-state index is 14.0. The Balaban J connectivity index is 1.65. The first-order valence-electron chi connectivity index (χ1n) is 8.80. The summed E-state index contributed by atoms with van der Waals surface area (Å²) in [5.74, 6) is 0.701. The van der Waals surface area contributed by atoms with Crippen LogP contribution in [0.3, 0.4) is 0 Å². The SMILES string of the molecule is Fc1ccccc1Nc1nc(Nc2ccc(Cl)cc2)nc(N2CCOCC2)n1. The van der Waals surface area contributed by atoms with E-state index in [0.29, 0.717) is 48.9 Å². The minimum absolute atomic E-state index is 0.248. The summed E-state index contributed by atoms with van der Waals surface area (Å²) in [5, 5.41) is 6.71. The van der Waals surface area contributed by atoms with Crippen molar-refractivity contribution < 1.29 is 9.13 Å². The van der Waals surface area contributed by atoms with Crippen molar-refractivity contribution in [3.05, 3.63) is 59.4 Å². The molecule has 0 atom stereocenters. The van der Waals surface area contributed by atoms with Crippen LogP contribution in [0.1, 0.15) is 0 Å². The predicted octanol–water partition coefficient (Wildman–Crippen LogP) is 3.99. The number of nitrogens with one attached hydrogen (secondary N) is 2. The van der Waals surface area contributed by atoms with Gasteiger partial charge in [0.05, 0.1) is 18.9 Å². The number of hydrogen-bond donors (Lipinski definition) is 2. The molecule has 7 nitrogen and oxygen atoms in total. The van der Waals surface area contributed by atoms with E-state index in [1.54, 1.807) is 30.3 Å². The molecule has 4 rings (SSSR count). The highest BCUT2D eigenvalue weighted by Crippen LogP contribution is 2.23. The van der Waals surface area contributed by atoms with Crippen molar-refractivity contribution in [2.45, 2.75) is 0 Å². The van der Waals surface area contributed by atoms with Crippen LogP contribution >= 0.6 is 11.6 Å². The van der Waals surface area contributed by atoms with Crippen LogP contribution in [-0.2, 0) is 4.74 Å². The third-order valence-electron chi connectivity index (χ3n) is 4.14. The topological polar surface area (TPSA) is 75.2 Å². The lowest BCUT2D eigenvalue weighted by Gasteiger charge is -2.27. The number of halogens is 2. The minimum atomic E-state index is -0.386. The number of nitrogens with zero attached hydrogens (tertiary/aromatic N) is 4. The molecule has 2 aromatic carbocycles. The molecule has 1 saturated heterocycles. The normalized spacial score (nSPS) is 14.0. The lowest BCUT2D eigenvalue weighted by molar-refractivity contribution is 0.122. The zero-order valence-corrected chi connectivity index (χ0v) is 15.7. The van der Waals surface area contributed by atoms with Crippen LogP contribution in [0.2, 0.25) is 5.02 Å². The van der Waals surface area contributed by atoms with Crippen LogP contribution in [0, 0.1) is 5.82 Å². The second-order valence-electron chi connectivity index (χ2n) is 6.12. The monoisotopic (exact) mass is 400 g/mol. The van der Waals surface area contributed by atoms with E-state index in [2.05, 4.69) is 25.6 Å². The van der Waals surface area contributed by atoms with Crippen LogP contribution < -0.4 is 15.5 Å². The van der Waals surface area contributed by atoms with Crippen LogP contribution in [0.4, 0.5) is 33.6 Å². The summed E-state index contributed by atoms with van der Waals surface area (Å²) in [6.45, 7) is 2.54. The molecule has 2 N–H and O–H groups in total. The number of hydrogen-bond acceptors (Lipinski definition) is 7. The predicted molar refractivity (Wildman–Crippen MR) is 107 cm³/mol. The van der Waals surface area contributed by atoms with Crippen molar-refractivity contribution in [2.75, 3.05) is 41.8 Å². The summed E-state index contributed by atoms with van der Waals surface area (Å²) in [6, 6.07) is 13.6. The van der Waals surface area contributed by atoms with Gasteiger partial charge in [0.2, 0.25) is 17.8 Å². The molecular weight excluding hydrogens is 383 g/mol. The standard InChI is InChI=1S/C19H18ClFN6O/c20-13-5-7-14(8-6-13)22-17-24-18(23-16-4-2-1-3-15(16)21)26-19(25-17)27-9-11-28-12-10-27/h1-8H,9-12H2,(H2,22,23,24,25,26). The molecule has 3 aromatic rings. The van der Waals surface area contributed by atoms with E-state index in [-0.39, 0.29) is 11.8 Å². The number of ether oxygens (including phenoxy) is 1. The lowest BCUT2D eigenvalue weighted by Crippen LogP contribution is -2.37. The van der Waals surface area contributed by atoms with Gasteiger partial charge in [-0.2, -0.15) is 15.0 Å². The van der Waals surface area contributed by atoms with Gasteiger partial charge in [0.25, 0.3) is 0 Å². The summed E-state index contributed by atoms with van der Waals surface area (Å²) in [4.78, 5) is 15.4. The number of anilines is 5. The summed E-state index contributed by atoms with van der Waals surface area (Å²) >= 11 is 5.94. The molecule has 9 heteroatoms. The number of rotatable bonds is 5. The number of morpholine rings is 1. The van der Waals surface area contributed by atoms with E-state index in [4.69, 9.17) is 16.3 Å². The van der Waals surface area contributed by atoms with Crippen molar-refractivity contribution in [1.29, 1.82) is 0 Å². The molecule has 1 aliphatic heterocycles. The molecule has 144 valence electrons. The second-order valence-corrected chi connectivity index (χ2v) is 6.56. The van der Waals surface area contributed by atoms with Gasteiger partial charge in [0, 0.05) is 23.8 Å². The summed E-state index contributed by atoms with van der Waals surface area (Å²) in [7, 11) is 0. The Hall–Kier alpha value is -2.97. The van der Waals surface area contributed by atoms with E-state index in [1.807, 2.05) is 17.0 Å². The van der Waals surface area contributed by atoms with Crippen molar-refractivity contribution in [1.82, 2.24) is 15.0 Å². The van der Waals surface area contributed by atoms with Crippen molar-refractivity contribution in [3.8, 4) is 0 Å². The molecular formula is C19H18ClFN6O. The molecule has 0 amide bonds. The number of aromatic nitrogens is 3. The van der Waals surface area contributed by atoms with Gasteiger partial charge < -0.3 is 20.3 Å². The van der Waals surface area contributed by atoms with Crippen LogP contribution in [0.15, 0.2) is 48.5 Å². The smallest absolute Gasteiger partial charge is 0.233 e. The zero-order valence-electron chi connectivity index (χ0n) is 14.9. The molecule has 0 aliphatic carbocycles. The van der Waals surface area contributed by atoms with E-state index in [1.165, 1.54) is 6.07 Å². The Kier molecular flexibility index (Phi) is 5.50. The second kappa shape index (κ2) is 8.37. The van der Waals surface area contributed by atoms with E-state index in [0.717, 1.165) is 5.69 Å². The maximum absolute atomic E-state index is 14.0. The average Bonchev–Trinajstić information content (AvgIpc) is 2.72. The number of para-hydroxylation sites is 1. The molecule has 0 unspecified atom stereocenters. The zero-order chi connectivity index (χ0) is 19.3. The maximum Gasteiger partial charge on any atom is 0.233 e. The van der Waals surface area contributed by atoms with Crippen LogP contribution in [0.25, 0.3) is 0 Å². The highest BCUT2D eigenvalue weighted by molar-refractivity contribution is 6.30. The molecule has 28 heavy (non-hydrogen) atoms. The van der Waals surface area contributed by atoms with Gasteiger partial charge in [-0.25, -0.2) is 4.39 Å². The third kappa shape index (κ3) is 4.47. The van der Waals surface area contributed by atoms with Crippen molar-refractivity contribution >= 4 is 40.8 Å². The van der Waals surface area contributed by atoms with E-state index >= 15 is 0 Å². The number of benzene rings is 2. The highest BCUT2D eigenvalue weighted by atomic mass is 35.5. The third-order valence-corrected chi connectivity index (χ3v) is 4.39. The lowest BCUT2D eigenvalue weighted by atomic mass is 10.3. The van der Waals surface area contributed by atoms with E-state index in [9.17, 15) is 4.39 Å². The van der Waals surface area contributed by atoms with Gasteiger partial charge >= 0.3 is 0 Å². The quantitative estimate of drug-likeness (QED) is 0.670. The Morgan fingerprint density at radius 1 is 0.893 bits per heavy atom. The summed E-state index contributed by atoms with van der Waals surface area (Å²) in [6.07, 6.45) is 0. The van der Waals surface area contributed by atoms with Crippen molar-refractivity contribution in [3.63, 3.8) is 0 Å². The molecule has 1 aromatic heterocycles. The fourth-order valence-electron chi connectivity index (χ4n) is 2.73. The summed E-state index contributed by atoms with van der Waals surface area (Å²) < 4.78 is 19.4. The first-order valence-corrected chi connectivity index (χ1v) is 9.18. The van der Waals surface area contributed by atoms with Gasteiger partial charge in [-0.15, -0.1) is 0 Å².